The van der Waals surface area contributed by atoms with E-state index < -0.39 is 11.7 Å². The van der Waals surface area contributed by atoms with E-state index in [1.165, 1.54) is 6.08 Å². The van der Waals surface area contributed by atoms with Gasteiger partial charge in [-0.05, 0) is 25.5 Å². The van der Waals surface area contributed by atoms with Crippen LogP contribution in [0.1, 0.15) is 19.8 Å². The van der Waals surface area contributed by atoms with Crippen molar-refractivity contribution in [3.05, 3.63) is 47.1 Å². The van der Waals surface area contributed by atoms with E-state index in [1.54, 1.807) is 0 Å². The SMILES string of the molecule is C=C(CCC1=C=C=C(C(F)(F)F)C=C1)OCC. The van der Waals surface area contributed by atoms with E-state index in [0.29, 0.717) is 30.8 Å². The van der Waals surface area contributed by atoms with Crippen LogP contribution >= 0.6 is 0 Å². The van der Waals surface area contributed by atoms with Gasteiger partial charge in [0.2, 0.25) is 0 Å². The van der Waals surface area contributed by atoms with E-state index in [0.717, 1.165) is 6.08 Å². The van der Waals surface area contributed by atoms with Crippen molar-refractivity contribution in [2.45, 2.75) is 25.9 Å². The van der Waals surface area contributed by atoms with Crippen molar-refractivity contribution >= 4 is 0 Å². The molecule has 0 heterocycles. The van der Waals surface area contributed by atoms with Crippen LogP contribution in [0.15, 0.2) is 47.1 Å². The molecule has 0 saturated heterocycles. The second kappa shape index (κ2) is 5.62. The molecule has 92 valence electrons. The molecule has 1 aliphatic rings. The maximum atomic E-state index is 12.2. The minimum atomic E-state index is -4.36. The van der Waals surface area contributed by atoms with E-state index in [9.17, 15) is 13.2 Å². The van der Waals surface area contributed by atoms with E-state index >= 15 is 0 Å². The van der Waals surface area contributed by atoms with Crippen LogP contribution in [-0.2, 0) is 4.74 Å². The summed E-state index contributed by atoms with van der Waals surface area (Å²) in [6.45, 7) is 6.08. The number of hydrogen-bond acceptors (Lipinski definition) is 1. The third-order valence-electron chi connectivity index (χ3n) is 2.14. The summed E-state index contributed by atoms with van der Waals surface area (Å²) in [6.07, 6.45) is -0.825. The van der Waals surface area contributed by atoms with Gasteiger partial charge in [-0.1, -0.05) is 18.0 Å². The molecule has 0 aromatic carbocycles. The van der Waals surface area contributed by atoms with E-state index in [1.807, 2.05) is 6.92 Å². The third kappa shape index (κ3) is 4.39. The molecule has 0 N–H and O–H groups in total. The predicted molar refractivity (Wildman–Crippen MR) is 59.2 cm³/mol. The standard InChI is InChI=1S/C13H13F3O/c1-3-17-10(2)4-5-11-6-8-12(9-7-11)13(14,15)16/h6,8H,2-5H2,1H3. The smallest absolute Gasteiger partial charge is 0.424 e. The minimum Gasteiger partial charge on any atom is -0.499 e. The number of hydrogen-bond donors (Lipinski definition) is 0. The molecule has 0 saturated carbocycles. The summed E-state index contributed by atoms with van der Waals surface area (Å²) in [5.74, 6) is 0.626. The highest BCUT2D eigenvalue weighted by Gasteiger charge is 2.32. The number of rotatable bonds is 5. The van der Waals surface area contributed by atoms with Crippen molar-refractivity contribution in [1.29, 1.82) is 0 Å². The highest BCUT2D eigenvalue weighted by Crippen LogP contribution is 2.27. The summed E-state index contributed by atoms with van der Waals surface area (Å²) in [4.78, 5) is 0. The molecule has 1 rings (SSSR count). The lowest BCUT2D eigenvalue weighted by atomic mass is 10.1. The fraction of sp³-hybridized carbons (Fsp3) is 0.385. The first-order valence-electron chi connectivity index (χ1n) is 5.24. The molecule has 0 aromatic rings. The summed E-state index contributed by atoms with van der Waals surface area (Å²) in [7, 11) is 0. The van der Waals surface area contributed by atoms with Crippen LogP contribution in [0.5, 0.6) is 0 Å². The largest absolute Gasteiger partial charge is 0.499 e. The van der Waals surface area contributed by atoms with Crippen LogP contribution in [0.4, 0.5) is 13.2 Å². The lowest BCUT2D eigenvalue weighted by molar-refractivity contribution is -0.0880. The number of ether oxygens (including phenoxy) is 1. The molecule has 4 heteroatoms. The van der Waals surface area contributed by atoms with Crippen molar-refractivity contribution in [2.24, 2.45) is 0 Å². The quantitative estimate of drug-likeness (QED) is 0.522. The van der Waals surface area contributed by atoms with Gasteiger partial charge >= 0.3 is 6.18 Å². The van der Waals surface area contributed by atoms with Gasteiger partial charge in [-0.3, -0.25) is 0 Å². The molecule has 17 heavy (non-hydrogen) atoms. The van der Waals surface area contributed by atoms with Crippen molar-refractivity contribution < 1.29 is 17.9 Å². The topological polar surface area (TPSA) is 9.23 Å². The van der Waals surface area contributed by atoms with Gasteiger partial charge in [0.25, 0.3) is 0 Å². The van der Waals surface area contributed by atoms with Crippen LogP contribution in [0, 0.1) is 0 Å². The zero-order valence-electron chi connectivity index (χ0n) is 9.53. The van der Waals surface area contributed by atoms with Crippen LogP contribution in [0.3, 0.4) is 0 Å². The molecule has 1 nitrogen and oxygen atoms in total. The molecule has 0 unspecified atom stereocenters. The Morgan fingerprint density at radius 3 is 2.53 bits per heavy atom. The molecular weight excluding hydrogens is 229 g/mol. The Kier molecular flexibility index (Phi) is 4.45. The fourth-order valence-electron chi connectivity index (χ4n) is 1.28. The molecule has 0 radical (unpaired) electrons. The molecule has 0 aromatic heterocycles. The van der Waals surface area contributed by atoms with Gasteiger partial charge in [0.15, 0.2) is 0 Å². The van der Waals surface area contributed by atoms with Gasteiger partial charge in [0.05, 0.1) is 12.4 Å². The van der Waals surface area contributed by atoms with E-state index in [-0.39, 0.29) is 0 Å². The van der Waals surface area contributed by atoms with Crippen LogP contribution < -0.4 is 0 Å². The second-order valence-electron chi connectivity index (χ2n) is 3.49. The van der Waals surface area contributed by atoms with Gasteiger partial charge in [-0.2, -0.15) is 13.2 Å². The summed E-state index contributed by atoms with van der Waals surface area (Å²) in [6, 6.07) is 0. The minimum absolute atomic E-state index is 0.543. The third-order valence-corrected chi connectivity index (χ3v) is 2.14. The normalized spacial score (nSPS) is 14.4. The van der Waals surface area contributed by atoms with Crippen molar-refractivity contribution in [1.82, 2.24) is 0 Å². The molecule has 0 bridgehead atoms. The Labute approximate surface area is 98.3 Å². The van der Waals surface area contributed by atoms with Crippen molar-refractivity contribution in [2.75, 3.05) is 6.61 Å². The zero-order chi connectivity index (χ0) is 12.9. The van der Waals surface area contributed by atoms with Gasteiger partial charge in [0.1, 0.15) is 5.57 Å². The molecule has 0 spiro atoms. The lowest BCUT2D eigenvalue weighted by Crippen LogP contribution is -2.09. The monoisotopic (exact) mass is 242 g/mol. The van der Waals surface area contributed by atoms with Gasteiger partial charge in [0, 0.05) is 12.0 Å². The Morgan fingerprint density at radius 1 is 1.35 bits per heavy atom. The van der Waals surface area contributed by atoms with Crippen LogP contribution in [0.2, 0.25) is 0 Å². The summed E-state index contributed by atoms with van der Waals surface area (Å²) in [5.41, 5.74) is 4.48. The molecule has 1 aliphatic carbocycles. The number of alkyl halides is 3. The predicted octanol–water partition coefficient (Wildman–Crippen LogP) is 4.06. The molecule has 0 aliphatic heterocycles. The van der Waals surface area contributed by atoms with Crippen LogP contribution in [-0.4, -0.2) is 12.8 Å². The first-order valence-corrected chi connectivity index (χ1v) is 5.24. The van der Waals surface area contributed by atoms with Gasteiger partial charge < -0.3 is 4.74 Å². The Balaban J connectivity index is 2.65. The van der Waals surface area contributed by atoms with Gasteiger partial charge in [-0.25, -0.2) is 0 Å². The lowest BCUT2D eigenvalue weighted by Gasteiger charge is -2.08. The molecular formula is C13H13F3O. The highest BCUT2D eigenvalue weighted by molar-refractivity contribution is 5.34. The molecule has 0 atom stereocenters. The highest BCUT2D eigenvalue weighted by atomic mass is 19.4. The van der Waals surface area contributed by atoms with E-state index in [2.05, 4.69) is 18.0 Å². The Bertz CT molecular complexity index is 428. The molecule has 0 fully saturated rings. The maximum Gasteiger partial charge on any atom is 0.424 e. The summed E-state index contributed by atoms with van der Waals surface area (Å²) in [5, 5.41) is 0. The molecule has 0 amide bonds. The van der Waals surface area contributed by atoms with Crippen LogP contribution in [0.25, 0.3) is 0 Å². The Hall–Kier alpha value is -1.63. The number of halogens is 3. The van der Waals surface area contributed by atoms with Crippen molar-refractivity contribution in [3.8, 4) is 0 Å². The summed E-state index contributed by atoms with van der Waals surface area (Å²) >= 11 is 0. The number of allylic oxidation sites excluding steroid dienone is 5. The average molecular weight is 242 g/mol. The average Bonchev–Trinajstić information content (AvgIpc) is 2.26. The Morgan fingerprint density at radius 2 is 2.06 bits per heavy atom. The second-order valence-corrected chi connectivity index (χ2v) is 3.49. The van der Waals surface area contributed by atoms with Crippen molar-refractivity contribution in [3.63, 3.8) is 0 Å². The summed E-state index contributed by atoms with van der Waals surface area (Å²) < 4.78 is 41.9. The first-order chi connectivity index (χ1) is 7.93. The van der Waals surface area contributed by atoms with Gasteiger partial charge in [-0.15, -0.1) is 0 Å². The first kappa shape index (κ1) is 13.4. The van der Waals surface area contributed by atoms with E-state index in [4.69, 9.17) is 4.74 Å². The maximum absolute atomic E-state index is 12.2. The zero-order valence-corrected chi connectivity index (χ0v) is 9.53. The fourth-order valence-corrected chi connectivity index (χ4v) is 1.28.